The van der Waals surface area contributed by atoms with Crippen LogP contribution in [-0.4, -0.2) is 22.0 Å². The van der Waals surface area contributed by atoms with E-state index in [1.807, 2.05) is 42.6 Å². The third-order valence-electron chi connectivity index (χ3n) is 3.92. The molecule has 0 unspecified atom stereocenters. The molecule has 100 valence electrons. The highest BCUT2D eigenvalue weighted by atomic mass is 16.2. The van der Waals surface area contributed by atoms with Gasteiger partial charge < -0.3 is 10.3 Å². The van der Waals surface area contributed by atoms with Crippen LogP contribution in [0.15, 0.2) is 42.6 Å². The summed E-state index contributed by atoms with van der Waals surface area (Å²) in [6.45, 7) is 1.78. The maximum absolute atomic E-state index is 12.7. The van der Waals surface area contributed by atoms with E-state index in [2.05, 4.69) is 10.3 Å². The minimum Gasteiger partial charge on any atom is -0.351 e. The molecule has 0 atom stereocenters. The zero-order valence-corrected chi connectivity index (χ0v) is 11.0. The molecule has 0 aliphatic carbocycles. The molecule has 0 spiro atoms. The van der Waals surface area contributed by atoms with Gasteiger partial charge in [-0.25, -0.2) is 0 Å². The summed E-state index contributed by atoms with van der Waals surface area (Å²) in [5, 5.41) is 4.39. The summed E-state index contributed by atoms with van der Waals surface area (Å²) in [7, 11) is 0. The van der Waals surface area contributed by atoms with Gasteiger partial charge in [0.2, 0.25) is 0 Å². The third kappa shape index (κ3) is 1.69. The van der Waals surface area contributed by atoms with Crippen molar-refractivity contribution in [1.29, 1.82) is 0 Å². The monoisotopic (exact) mass is 265 g/mol. The average molecular weight is 265 g/mol. The zero-order valence-electron chi connectivity index (χ0n) is 11.0. The fraction of sp³-hybridized carbons (Fsp3) is 0.188. The van der Waals surface area contributed by atoms with Crippen molar-refractivity contribution >= 4 is 16.8 Å². The van der Waals surface area contributed by atoms with Gasteiger partial charge in [-0.05, 0) is 23.8 Å². The van der Waals surface area contributed by atoms with Crippen LogP contribution in [0, 0.1) is 0 Å². The predicted octanol–water partition coefficient (Wildman–Crippen LogP) is 2.30. The molecule has 2 aromatic heterocycles. The summed E-state index contributed by atoms with van der Waals surface area (Å²) in [6, 6.07) is 11.9. The fourth-order valence-electron chi connectivity index (χ4n) is 2.89. The van der Waals surface area contributed by atoms with E-state index in [1.165, 1.54) is 5.56 Å². The molecular formula is C16H15N3O. The van der Waals surface area contributed by atoms with E-state index in [4.69, 9.17) is 0 Å². The largest absolute Gasteiger partial charge is 0.351 e. The first-order valence-electron chi connectivity index (χ1n) is 6.85. The minimum atomic E-state index is 0.0179. The summed E-state index contributed by atoms with van der Waals surface area (Å²) >= 11 is 0. The van der Waals surface area contributed by atoms with E-state index in [0.717, 1.165) is 36.1 Å². The van der Waals surface area contributed by atoms with Gasteiger partial charge in [-0.2, -0.15) is 0 Å². The van der Waals surface area contributed by atoms with E-state index in [0.29, 0.717) is 5.69 Å². The lowest BCUT2D eigenvalue weighted by Gasteiger charge is -2.15. The molecular weight excluding hydrogens is 250 g/mol. The normalized spacial score (nSPS) is 14.4. The standard InChI is InChI=1S/C16H15N3O/c20-16(14-9-11-3-1-2-4-13(11)18-14)19-8-6-12-10-17-7-5-15(12)19/h1-4,6,8-9,17-18H,5,7,10H2. The molecule has 4 rings (SSSR count). The lowest BCUT2D eigenvalue weighted by molar-refractivity contribution is 0.0952. The van der Waals surface area contributed by atoms with E-state index < -0.39 is 0 Å². The molecule has 2 N–H and O–H groups in total. The Morgan fingerprint density at radius 1 is 1.20 bits per heavy atom. The molecule has 4 heteroatoms. The number of H-pyrrole nitrogens is 1. The number of rotatable bonds is 1. The predicted molar refractivity (Wildman–Crippen MR) is 77.9 cm³/mol. The van der Waals surface area contributed by atoms with Crippen molar-refractivity contribution in [3.8, 4) is 0 Å². The van der Waals surface area contributed by atoms with Crippen molar-refractivity contribution < 1.29 is 4.79 Å². The van der Waals surface area contributed by atoms with Gasteiger partial charge in [-0.15, -0.1) is 0 Å². The van der Waals surface area contributed by atoms with Crippen LogP contribution in [-0.2, 0) is 13.0 Å². The molecule has 3 aromatic rings. The van der Waals surface area contributed by atoms with Gasteiger partial charge in [0.25, 0.3) is 5.91 Å². The maximum Gasteiger partial charge on any atom is 0.278 e. The van der Waals surface area contributed by atoms with Gasteiger partial charge >= 0.3 is 0 Å². The van der Waals surface area contributed by atoms with Crippen LogP contribution in [0.25, 0.3) is 10.9 Å². The highest BCUT2D eigenvalue weighted by molar-refractivity contribution is 5.99. The molecule has 20 heavy (non-hydrogen) atoms. The summed E-state index contributed by atoms with van der Waals surface area (Å²) in [5.41, 5.74) is 4.00. The third-order valence-corrected chi connectivity index (χ3v) is 3.92. The number of fused-ring (bicyclic) bond motifs is 2. The first kappa shape index (κ1) is 11.5. The van der Waals surface area contributed by atoms with Crippen LogP contribution < -0.4 is 5.32 Å². The Labute approximate surface area is 116 Å². The van der Waals surface area contributed by atoms with Crippen molar-refractivity contribution in [3.63, 3.8) is 0 Å². The second kappa shape index (κ2) is 4.35. The van der Waals surface area contributed by atoms with Gasteiger partial charge in [0, 0.05) is 42.3 Å². The van der Waals surface area contributed by atoms with Crippen molar-refractivity contribution in [2.24, 2.45) is 0 Å². The fourth-order valence-corrected chi connectivity index (χ4v) is 2.89. The van der Waals surface area contributed by atoms with Crippen molar-refractivity contribution in [1.82, 2.24) is 14.9 Å². The highest BCUT2D eigenvalue weighted by Crippen LogP contribution is 2.19. The average Bonchev–Trinajstić information content (AvgIpc) is 3.10. The Morgan fingerprint density at radius 2 is 2.10 bits per heavy atom. The zero-order chi connectivity index (χ0) is 13.5. The molecule has 0 saturated heterocycles. The topological polar surface area (TPSA) is 49.8 Å². The van der Waals surface area contributed by atoms with Crippen molar-refractivity contribution in [3.05, 3.63) is 59.5 Å². The minimum absolute atomic E-state index is 0.0179. The molecule has 3 heterocycles. The highest BCUT2D eigenvalue weighted by Gasteiger charge is 2.19. The van der Waals surface area contributed by atoms with E-state index in [-0.39, 0.29) is 5.91 Å². The Balaban J connectivity index is 1.78. The number of nitrogens with one attached hydrogen (secondary N) is 2. The van der Waals surface area contributed by atoms with Gasteiger partial charge in [0.05, 0.1) is 0 Å². The second-order valence-electron chi connectivity index (χ2n) is 5.16. The Bertz CT molecular complexity index is 764. The number of hydrogen-bond donors (Lipinski definition) is 2. The van der Waals surface area contributed by atoms with Crippen LogP contribution in [0.5, 0.6) is 0 Å². The van der Waals surface area contributed by atoms with Crippen LogP contribution in [0.2, 0.25) is 0 Å². The van der Waals surface area contributed by atoms with Crippen LogP contribution >= 0.6 is 0 Å². The molecule has 1 aliphatic rings. The summed E-state index contributed by atoms with van der Waals surface area (Å²) in [4.78, 5) is 15.9. The first-order valence-corrected chi connectivity index (χ1v) is 6.85. The Morgan fingerprint density at radius 3 is 3.00 bits per heavy atom. The molecule has 4 nitrogen and oxygen atoms in total. The molecule has 1 aliphatic heterocycles. The first-order chi connectivity index (χ1) is 9.83. The van der Waals surface area contributed by atoms with Crippen LogP contribution in [0.1, 0.15) is 21.7 Å². The molecule has 0 radical (unpaired) electrons. The maximum atomic E-state index is 12.7. The molecule has 0 saturated carbocycles. The van der Waals surface area contributed by atoms with Gasteiger partial charge in [0.1, 0.15) is 5.69 Å². The quantitative estimate of drug-likeness (QED) is 0.709. The lowest BCUT2D eigenvalue weighted by Crippen LogP contribution is -2.26. The molecule has 1 aromatic carbocycles. The van der Waals surface area contributed by atoms with Crippen molar-refractivity contribution in [2.75, 3.05) is 6.54 Å². The van der Waals surface area contributed by atoms with Crippen LogP contribution in [0.3, 0.4) is 0 Å². The lowest BCUT2D eigenvalue weighted by atomic mass is 10.1. The van der Waals surface area contributed by atoms with Gasteiger partial charge in [-0.3, -0.25) is 9.36 Å². The number of nitrogens with zero attached hydrogens (tertiary/aromatic N) is 1. The molecule has 0 bridgehead atoms. The number of carbonyl (C=O) groups is 1. The van der Waals surface area contributed by atoms with Crippen LogP contribution in [0.4, 0.5) is 0 Å². The SMILES string of the molecule is O=C(c1cc2ccccc2[nH]1)n1ccc2c1CCNC2. The summed E-state index contributed by atoms with van der Waals surface area (Å²) in [5.74, 6) is 0.0179. The number of para-hydroxylation sites is 1. The Kier molecular flexibility index (Phi) is 2.50. The van der Waals surface area contributed by atoms with E-state index in [1.54, 1.807) is 4.57 Å². The number of carbonyl (C=O) groups excluding carboxylic acids is 1. The van der Waals surface area contributed by atoms with Crippen molar-refractivity contribution in [2.45, 2.75) is 13.0 Å². The second-order valence-corrected chi connectivity index (χ2v) is 5.16. The number of aromatic nitrogens is 2. The number of hydrogen-bond acceptors (Lipinski definition) is 2. The Hall–Kier alpha value is -2.33. The van der Waals surface area contributed by atoms with E-state index in [9.17, 15) is 4.79 Å². The number of aromatic amines is 1. The van der Waals surface area contributed by atoms with E-state index >= 15 is 0 Å². The summed E-state index contributed by atoms with van der Waals surface area (Å²) < 4.78 is 1.78. The van der Waals surface area contributed by atoms with Gasteiger partial charge in [-0.1, -0.05) is 18.2 Å². The van der Waals surface area contributed by atoms with Gasteiger partial charge in [0.15, 0.2) is 0 Å². The summed E-state index contributed by atoms with van der Waals surface area (Å²) in [6.07, 6.45) is 2.78. The smallest absolute Gasteiger partial charge is 0.278 e. The molecule has 0 amide bonds. The number of benzene rings is 1. The molecule has 0 fully saturated rings.